The lowest BCUT2D eigenvalue weighted by Crippen LogP contribution is -2.20. The van der Waals surface area contributed by atoms with Crippen molar-refractivity contribution >= 4 is 7.32 Å². The lowest BCUT2D eigenvalue weighted by atomic mass is 10.2. The van der Waals surface area contributed by atoms with Crippen molar-refractivity contribution < 1.29 is 32.6 Å². The van der Waals surface area contributed by atoms with Gasteiger partial charge in [-0.15, -0.1) is 13.2 Å². The van der Waals surface area contributed by atoms with Gasteiger partial charge in [0, 0.05) is 0 Å². The molecular formula is C7H6BF3O4. The van der Waals surface area contributed by atoms with Crippen LogP contribution in [-0.2, 0) is 0 Å². The van der Waals surface area contributed by atoms with Crippen molar-refractivity contribution in [2.45, 2.75) is 6.36 Å². The molecule has 0 aromatic heterocycles. The number of halogens is 3. The van der Waals surface area contributed by atoms with E-state index in [9.17, 15) is 13.2 Å². The maximum atomic E-state index is 11.7. The maximum absolute atomic E-state index is 11.7. The quantitative estimate of drug-likeness (QED) is 0.747. The van der Waals surface area contributed by atoms with Gasteiger partial charge in [-0.05, 0) is 24.3 Å². The number of benzene rings is 1. The van der Waals surface area contributed by atoms with Gasteiger partial charge in [-0.3, -0.25) is 0 Å². The fourth-order valence-electron chi connectivity index (χ4n) is 0.842. The van der Waals surface area contributed by atoms with Gasteiger partial charge in [0.1, 0.15) is 11.5 Å². The van der Waals surface area contributed by atoms with Gasteiger partial charge in [-0.25, -0.2) is 0 Å². The molecule has 0 atom stereocenters. The fraction of sp³-hybridized carbons (Fsp3) is 0.143. The Morgan fingerprint density at radius 1 is 1.00 bits per heavy atom. The highest BCUT2D eigenvalue weighted by molar-refractivity contribution is 6.33. The number of hydrogen-bond donors (Lipinski definition) is 2. The fourth-order valence-corrected chi connectivity index (χ4v) is 0.842. The Balaban J connectivity index is 2.64. The van der Waals surface area contributed by atoms with Crippen LogP contribution in [0.2, 0.25) is 0 Å². The molecule has 2 N–H and O–H groups in total. The van der Waals surface area contributed by atoms with E-state index in [4.69, 9.17) is 10.0 Å². The molecule has 0 amide bonds. The van der Waals surface area contributed by atoms with Crippen molar-refractivity contribution in [3.63, 3.8) is 0 Å². The maximum Gasteiger partial charge on any atom is 0.707 e. The Labute approximate surface area is 83.0 Å². The van der Waals surface area contributed by atoms with Crippen LogP contribution in [-0.4, -0.2) is 23.7 Å². The molecule has 0 aliphatic carbocycles. The Morgan fingerprint density at radius 3 is 1.87 bits per heavy atom. The van der Waals surface area contributed by atoms with E-state index in [1.165, 1.54) is 0 Å². The molecule has 0 unspecified atom stereocenters. The standard InChI is InChI=1S/C7H6BF3O4/c9-7(10,11)14-5-1-3-6(4-2-5)15-8(12)13/h1-4,12-13H. The van der Waals surface area contributed by atoms with E-state index in [-0.39, 0.29) is 5.75 Å². The van der Waals surface area contributed by atoms with Crippen LogP contribution >= 0.6 is 0 Å². The molecule has 0 saturated heterocycles. The molecule has 82 valence electrons. The zero-order valence-electron chi connectivity index (χ0n) is 7.23. The minimum atomic E-state index is -4.75. The molecule has 0 saturated carbocycles. The Hall–Kier alpha value is -1.41. The summed E-state index contributed by atoms with van der Waals surface area (Å²) in [4.78, 5) is 0. The van der Waals surface area contributed by atoms with Gasteiger partial charge in [-0.2, -0.15) is 0 Å². The lowest BCUT2D eigenvalue weighted by Gasteiger charge is -2.09. The molecule has 0 heterocycles. The first-order chi connectivity index (χ1) is 6.87. The molecule has 1 rings (SSSR count). The zero-order chi connectivity index (χ0) is 11.5. The first kappa shape index (κ1) is 11.7. The summed E-state index contributed by atoms with van der Waals surface area (Å²) in [6, 6.07) is 4.21. The smallest absolute Gasteiger partial charge is 0.512 e. The Bertz CT molecular complexity index is 311. The minimum Gasteiger partial charge on any atom is -0.512 e. The molecule has 0 radical (unpaired) electrons. The molecule has 4 nitrogen and oxygen atoms in total. The third kappa shape index (κ3) is 4.57. The second-order valence-corrected chi connectivity index (χ2v) is 2.46. The van der Waals surface area contributed by atoms with Crippen LogP contribution in [0.1, 0.15) is 0 Å². The first-order valence-electron chi connectivity index (χ1n) is 3.75. The van der Waals surface area contributed by atoms with E-state index in [0.717, 1.165) is 24.3 Å². The molecule has 0 bridgehead atoms. The van der Waals surface area contributed by atoms with Crippen molar-refractivity contribution in [2.75, 3.05) is 0 Å². The van der Waals surface area contributed by atoms with Crippen molar-refractivity contribution in [1.29, 1.82) is 0 Å². The van der Waals surface area contributed by atoms with E-state index >= 15 is 0 Å². The molecular weight excluding hydrogens is 216 g/mol. The highest BCUT2D eigenvalue weighted by atomic mass is 19.4. The van der Waals surface area contributed by atoms with Gasteiger partial charge < -0.3 is 19.4 Å². The first-order valence-corrected chi connectivity index (χ1v) is 3.75. The molecule has 0 aliphatic rings. The highest BCUT2D eigenvalue weighted by Gasteiger charge is 2.31. The van der Waals surface area contributed by atoms with Crippen molar-refractivity contribution in [2.24, 2.45) is 0 Å². The second kappa shape index (κ2) is 4.41. The molecule has 1 aromatic carbocycles. The third-order valence-electron chi connectivity index (χ3n) is 1.30. The summed E-state index contributed by atoms with van der Waals surface area (Å²) in [5.41, 5.74) is 0. The molecule has 0 fully saturated rings. The summed E-state index contributed by atoms with van der Waals surface area (Å²) in [5.74, 6) is -0.401. The van der Waals surface area contributed by atoms with Gasteiger partial charge >= 0.3 is 13.7 Å². The summed E-state index contributed by atoms with van der Waals surface area (Å²) in [6.45, 7) is 0. The van der Waals surface area contributed by atoms with Crippen LogP contribution in [0.4, 0.5) is 13.2 Å². The van der Waals surface area contributed by atoms with Crippen molar-refractivity contribution in [3.05, 3.63) is 24.3 Å². The van der Waals surface area contributed by atoms with Crippen LogP contribution in [0, 0.1) is 0 Å². The predicted molar refractivity (Wildman–Crippen MR) is 43.9 cm³/mol. The van der Waals surface area contributed by atoms with Gasteiger partial charge in [-0.1, -0.05) is 0 Å². The molecule has 1 aromatic rings. The molecule has 8 heteroatoms. The Morgan fingerprint density at radius 2 is 1.47 bits per heavy atom. The van der Waals surface area contributed by atoms with Crippen LogP contribution in [0.25, 0.3) is 0 Å². The summed E-state index contributed by atoms with van der Waals surface area (Å²) >= 11 is 0. The van der Waals surface area contributed by atoms with Crippen LogP contribution < -0.4 is 9.39 Å². The van der Waals surface area contributed by atoms with E-state index < -0.39 is 19.4 Å². The van der Waals surface area contributed by atoms with Crippen LogP contribution in [0.5, 0.6) is 11.5 Å². The van der Waals surface area contributed by atoms with Crippen molar-refractivity contribution in [3.8, 4) is 11.5 Å². The van der Waals surface area contributed by atoms with Gasteiger partial charge in [0.2, 0.25) is 0 Å². The van der Waals surface area contributed by atoms with Gasteiger partial charge in [0.25, 0.3) is 0 Å². The summed E-state index contributed by atoms with van der Waals surface area (Å²) in [6.07, 6.45) is -4.75. The topological polar surface area (TPSA) is 58.9 Å². The number of alkyl halides is 3. The van der Waals surface area contributed by atoms with E-state index in [2.05, 4.69) is 9.39 Å². The predicted octanol–water partition coefficient (Wildman–Crippen LogP) is 0.933. The monoisotopic (exact) mass is 222 g/mol. The minimum absolute atomic E-state index is 0.0134. The summed E-state index contributed by atoms with van der Waals surface area (Å²) in [5, 5.41) is 16.8. The Kier molecular flexibility index (Phi) is 3.43. The van der Waals surface area contributed by atoms with Crippen molar-refractivity contribution in [1.82, 2.24) is 0 Å². The normalized spacial score (nSPS) is 11.0. The number of hydrogen-bond acceptors (Lipinski definition) is 4. The summed E-state index contributed by atoms with van der Waals surface area (Å²) < 4.78 is 43.1. The van der Waals surface area contributed by atoms with E-state index in [1.807, 2.05) is 0 Å². The van der Waals surface area contributed by atoms with Crippen LogP contribution in [0.15, 0.2) is 24.3 Å². The van der Waals surface area contributed by atoms with Gasteiger partial charge in [0.05, 0.1) is 0 Å². The van der Waals surface area contributed by atoms with Gasteiger partial charge in [0.15, 0.2) is 0 Å². The molecule has 0 spiro atoms. The molecule has 0 aliphatic heterocycles. The second-order valence-electron chi connectivity index (χ2n) is 2.46. The van der Waals surface area contributed by atoms with Crippen LogP contribution in [0.3, 0.4) is 0 Å². The zero-order valence-corrected chi connectivity index (χ0v) is 7.23. The highest BCUT2D eigenvalue weighted by Crippen LogP contribution is 2.24. The average Bonchev–Trinajstić information content (AvgIpc) is 2.05. The largest absolute Gasteiger partial charge is 0.707 e. The SMILES string of the molecule is OB(O)Oc1ccc(OC(F)(F)F)cc1. The summed E-state index contributed by atoms with van der Waals surface area (Å²) in [7, 11) is -2.01. The molecule has 15 heavy (non-hydrogen) atoms. The third-order valence-corrected chi connectivity index (χ3v) is 1.30. The number of ether oxygens (including phenoxy) is 1. The van der Waals surface area contributed by atoms with E-state index in [0.29, 0.717) is 0 Å². The lowest BCUT2D eigenvalue weighted by molar-refractivity contribution is -0.274. The average molecular weight is 222 g/mol. The number of rotatable bonds is 3. The van der Waals surface area contributed by atoms with E-state index in [1.54, 1.807) is 0 Å².